The molecule has 29 heavy (non-hydrogen) atoms. The number of benzene rings is 2. The third kappa shape index (κ3) is 3.16. The van der Waals surface area contributed by atoms with Crippen LogP contribution < -0.4 is 5.63 Å². The van der Waals surface area contributed by atoms with Crippen molar-refractivity contribution in [1.29, 1.82) is 0 Å². The lowest BCUT2D eigenvalue weighted by molar-refractivity contribution is 0.0314. The molecule has 0 unspecified atom stereocenters. The molecular formula is C24H23NO4. The second-order valence-electron chi connectivity index (χ2n) is 7.64. The summed E-state index contributed by atoms with van der Waals surface area (Å²) in [7, 11) is 0. The fraction of sp³-hybridized carbons (Fsp3) is 0.292. The number of morpholine rings is 1. The summed E-state index contributed by atoms with van der Waals surface area (Å²) >= 11 is 0. The highest BCUT2D eigenvalue weighted by molar-refractivity contribution is 6.04. The van der Waals surface area contributed by atoms with Crippen molar-refractivity contribution >= 4 is 21.9 Å². The van der Waals surface area contributed by atoms with Crippen molar-refractivity contribution in [3.8, 4) is 11.1 Å². The monoisotopic (exact) mass is 389 g/mol. The molecule has 5 nitrogen and oxygen atoms in total. The first-order chi connectivity index (χ1) is 14.1. The Morgan fingerprint density at radius 3 is 2.38 bits per heavy atom. The lowest BCUT2D eigenvalue weighted by Gasteiger charge is -2.25. The molecular weight excluding hydrogens is 366 g/mol. The van der Waals surface area contributed by atoms with Crippen molar-refractivity contribution < 1.29 is 13.6 Å². The van der Waals surface area contributed by atoms with Gasteiger partial charge in [0.15, 0.2) is 0 Å². The van der Waals surface area contributed by atoms with E-state index in [1.807, 2.05) is 37.3 Å². The van der Waals surface area contributed by atoms with Crippen LogP contribution in [-0.4, -0.2) is 31.2 Å². The fourth-order valence-electron chi connectivity index (χ4n) is 4.17. The SMILES string of the molecule is Cc1c(CN2CCOCC2)oc2c(C)c3oc(=O)cc(-c4ccccc4)c3cc12. The van der Waals surface area contributed by atoms with Crippen LogP contribution in [0.3, 0.4) is 0 Å². The van der Waals surface area contributed by atoms with Crippen molar-refractivity contribution in [3.05, 3.63) is 69.8 Å². The number of ether oxygens (including phenoxy) is 1. The molecule has 1 saturated heterocycles. The molecule has 1 aliphatic rings. The molecule has 0 spiro atoms. The number of furan rings is 1. The van der Waals surface area contributed by atoms with Crippen LogP contribution in [-0.2, 0) is 11.3 Å². The van der Waals surface area contributed by atoms with Gasteiger partial charge in [-0.25, -0.2) is 4.79 Å². The largest absolute Gasteiger partial charge is 0.459 e. The molecule has 0 N–H and O–H groups in total. The van der Waals surface area contributed by atoms with Crippen molar-refractivity contribution in [2.45, 2.75) is 20.4 Å². The van der Waals surface area contributed by atoms with E-state index in [0.29, 0.717) is 5.58 Å². The molecule has 0 aliphatic carbocycles. The van der Waals surface area contributed by atoms with Gasteiger partial charge in [-0.15, -0.1) is 0 Å². The van der Waals surface area contributed by atoms with Crippen molar-refractivity contribution in [2.75, 3.05) is 26.3 Å². The molecule has 148 valence electrons. The van der Waals surface area contributed by atoms with Gasteiger partial charge in [-0.1, -0.05) is 30.3 Å². The summed E-state index contributed by atoms with van der Waals surface area (Å²) in [6, 6.07) is 13.6. The zero-order chi connectivity index (χ0) is 20.0. The fourth-order valence-corrected chi connectivity index (χ4v) is 4.17. The van der Waals surface area contributed by atoms with Crippen LogP contribution in [0.5, 0.6) is 0 Å². The van der Waals surface area contributed by atoms with Gasteiger partial charge in [0.1, 0.15) is 16.9 Å². The molecule has 1 fully saturated rings. The topological polar surface area (TPSA) is 55.8 Å². The van der Waals surface area contributed by atoms with Gasteiger partial charge < -0.3 is 13.6 Å². The van der Waals surface area contributed by atoms with Gasteiger partial charge in [-0.2, -0.15) is 0 Å². The van der Waals surface area contributed by atoms with Crippen molar-refractivity contribution in [2.24, 2.45) is 0 Å². The molecule has 2 aromatic heterocycles. The minimum absolute atomic E-state index is 0.351. The normalized spacial score (nSPS) is 15.4. The molecule has 0 saturated carbocycles. The Bertz CT molecular complexity index is 1250. The number of rotatable bonds is 3. The highest BCUT2D eigenvalue weighted by atomic mass is 16.5. The number of hydrogen-bond donors (Lipinski definition) is 0. The van der Waals surface area contributed by atoms with Crippen LogP contribution >= 0.6 is 0 Å². The molecule has 0 bridgehead atoms. The minimum Gasteiger partial charge on any atom is -0.459 e. The summed E-state index contributed by atoms with van der Waals surface area (Å²) in [5.74, 6) is 0.962. The average Bonchev–Trinajstić information content (AvgIpc) is 3.06. The highest BCUT2D eigenvalue weighted by Gasteiger charge is 2.21. The van der Waals surface area contributed by atoms with Gasteiger partial charge >= 0.3 is 5.63 Å². The molecule has 2 aromatic carbocycles. The Morgan fingerprint density at radius 2 is 1.62 bits per heavy atom. The second kappa shape index (κ2) is 7.17. The predicted molar refractivity (Wildman–Crippen MR) is 113 cm³/mol. The zero-order valence-corrected chi connectivity index (χ0v) is 16.7. The summed E-state index contributed by atoms with van der Waals surface area (Å²) in [6.45, 7) is 8.16. The third-order valence-corrected chi connectivity index (χ3v) is 5.82. The van der Waals surface area contributed by atoms with Gasteiger partial charge in [0.25, 0.3) is 0 Å². The standard InChI is InChI=1S/C24H23NO4/c1-15-18-12-20-19(17-6-4-3-5-7-17)13-22(26)29-24(20)16(2)23(18)28-21(15)14-25-8-10-27-11-9-25/h3-7,12-13H,8-11,14H2,1-2H3. The zero-order valence-electron chi connectivity index (χ0n) is 16.7. The molecule has 3 heterocycles. The van der Waals surface area contributed by atoms with Crippen LogP contribution in [0.15, 0.2) is 56.1 Å². The highest BCUT2D eigenvalue weighted by Crippen LogP contribution is 2.37. The lowest BCUT2D eigenvalue weighted by Crippen LogP contribution is -2.35. The molecule has 5 heteroatoms. The Labute approximate surface area is 168 Å². The van der Waals surface area contributed by atoms with Crippen LogP contribution in [0.1, 0.15) is 16.9 Å². The first-order valence-electron chi connectivity index (χ1n) is 9.97. The molecule has 4 aromatic rings. The van der Waals surface area contributed by atoms with Gasteiger partial charge in [0.2, 0.25) is 0 Å². The van der Waals surface area contributed by atoms with E-state index in [1.54, 1.807) is 6.07 Å². The van der Waals surface area contributed by atoms with E-state index >= 15 is 0 Å². The summed E-state index contributed by atoms with van der Waals surface area (Å²) in [5.41, 5.74) is 4.93. The maximum absolute atomic E-state index is 12.3. The maximum atomic E-state index is 12.3. The van der Waals surface area contributed by atoms with E-state index in [9.17, 15) is 4.79 Å². The van der Waals surface area contributed by atoms with Gasteiger partial charge in [-0.3, -0.25) is 4.90 Å². The Balaban J connectivity index is 1.71. The van der Waals surface area contributed by atoms with E-state index in [0.717, 1.165) is 77.2 Å². The van der Waals surface area contributed by atoms with Gasteiger partial charge in [0.05, 0.1) is 19.8 Å². The van der Waals surface area contributed by atoms with E-state index < -0.39 is 0 Å². The molecule has 0 amide bonds. The summed E-state index contributed by atoms with van der Waals surface area (Å²) in [4.78, 5) is 14.6. The molecule has 0 radical (unpaired) electrons. The van der Waals surface area contributed by atoms with E-state index in [4.69, 9.17) is 13.6 Å². The van der Waals surface area contributed by atoms with Crippen LogP contribution in [0, 0.1) is 13.8 Å². The Morgan fingerprint density at radius 1 is 0.897 bits per heavy atom. The summed E-state index contributed by atoms with van der Waals surface area (Å²) in [5, 5.41) is 2.01. The third-order valence-electron chi connectivity index (χ3n) is 5.82. The number of nitrogens with zero attached hydrogens (tertiary/aromatic N) is 1. The molecule has 5 rings (SSSR count). The Kier molecular flexibility index (Phi) is 4.49. The van der Waals surface area contributed by atoms with Crippen molar-refractivity contribution in [1.82, 2.24) is 4.90 Å². The Hall–Kier alpha value is -2.89. The lowest BCUT2D eigenvalue weighted by atomic mass is 9.98. The van der Waals surface area contributed by atoms with E-state index in [-0.39, 0.29) is 5.63 Å². The maximum Gasteiger partial charge on any atom is 0.336 e. The number of fused-ring (bicyclic) bond motifs is 2. The second-order valence-corrected chi connectivity index (χ2v) is 7.64. The average molecular weight is 389 g/mol. The number of hydrogen-bond acceptors (Lipinski definition) is 5. The van der Waals surface area contributed by atoms with E-state index in [2.05, 4.69) is 17.9 Å². The van der Waals surface area contributed by atoms with Crippen LogP contribution in [0.2, 0.25) is 0 Å². The first kappa shape index (κ1) is 18.2. The predicted octanol–water partition coefficient (Wildman–Crippen LogP) is 4.66. The quantitative estimate of drug-likeness (QED) is 0.477. The van der Waals surface area contributed by atoms with Crippen LogP contribution in [0.25, 0.3) is 33.1 Å². The summed E-state index contributed by atoms with van der Waals surface area (Å²) < 4.78 is 17.4. The van der Waals surface area contributed by atoms with Crippen molar-refractivity contribution in [3.63, 3.8) is 0 Å². The summed E-state index contributed by atoms with van der Waals surface area (Å²) in [6.07, 6.45) is 0. The minimum atomic E-state index is -0.351. The van der Waals surface area contributed by atoms with Gasteiger partial charge in [0, 0.05) is 35.5 Å². The first-order valence-corrected chi connectivity index (χ1v) is 9.97. The van der Waals surface area contributed by atoms with Gasteiger partial charge in [-0.05, 0) is 36.6 Å². The molecule has 1 aliphatic heterocycles. The van der Waals surface area contributed by atoms with E-state index in [1.165, 1.54) is 0 Å². The smallest absolute Gasteiger partial charge is 0.336 e. The molecule has 0 atom stereocenters. The van der Waals surface area contributed by atoms with Crippen LogP contribution in [0.4, 0.5) is 0 Å². The number of aryl methyl sites for hydroxylation is 2.